The third kappa shape index (κ3) is 1.71. The molecule has 0 fully saturated rings. The van der Waals surface area contributed by atoms with Crippen LogP contribution in [0.4, 0.5) is 0 Å². The van der Waals surface area contributed by atoms with Gasteiger partial charge in [0.05, 0.1) is 0 Å². The average Bonchev–Trinajstić information content (AvgIpc) is 2.17. The quantitative estimate of drug-likeness (QED) is 0.717. The lowest BCUT2D eigenvalue weighted by Crippen LogP contribution is -2.46. The van der Waals surface area contributed by atoms with Gasteiger partial charge in [-0.25, -0.2) is 4.79 Å². The van der Waals surface area contributed by atoms with Crippen molar-refractivity contribution < 1.29 is 15.0 Å². The lowest BCUT2D eigenvalue weighted by molar-refractivity contribution is -0.130. The number of aliphatic hydroxyl groups is 1. The van der Waals surface area contributed by atoms with E-state index in [0.717, 1.165) is 4.48 Å². The van der Waals surface area contributed by atoms with Crippen molar-refractivity contribution in [2.75, 3.05) is 0 Å². The fourth-order valence-electron chi connectivity index (χ4n) is 1.20. The molecule has 0 bridgehead atoms. The van der Waals surface area contributed by atoms with Crippen LogP contribution in [0.15, 0.2) is 33.0 Å². The van der Waals surface area contributed by atoms with Gasteiger partial charge in [0.25, 0.3) is 0 Å². The highest BCUT2D eigenvalue weighted by molar-refractivity contribution is 9.11. The van der Waals surface area contributed by atoms with Gasteiger partial charge in [0, 0.05) is 10.7 Å². The standard InChI is InChI=1S/C8H6BrN3O3/c9-4-1-2-12-5(3-4)10-11-6(7(12)13)8(14)15/h1-3,7,13H,(H,14,15)/t7-/m1/s1. The van der Waals surface area contributed by atoms with Crippen LogP contribution >= 0.6 is 15.9 Å². The highest BCUT2D eigenvalue weighted by atomic mass is 79.9. The minimum Gasteiger partial charge on any atom is -0.477 e. The number of carboxylic acid groups (broad SMARTS) is 1. The topological polar surface area (TPSA) is 85.5 Å². The number of aliphatic hydroxyl groups excluding tert-OH is 1. The van der Waals surface area contributed by atoms with Gasteiger partial charge >= 0.3 is 5.97 Å². The molecule has 6 nitrogen and oxygen atoms in total. The van der Waals surface area contributed by atoms with Gasteiger partial charge in [0.2, 0.25) is 0 Å². The SMILES string of the molecule is O=C(O)C1=NN=C2C=C(Br)C=CN2[C@@H]1O. The fraction of sp³-hybridized carbons (Fsp3) is 0.125. The summed E-state index contributed by atoms with van der Waals surface area (Å²) in [7, 11) is 0. The van der Waals surface area contributed by atoms with E-state index in [1.807, 2.05) is 0 Å². The van der Waals surface area contributed by atoms with Crippen LogP contribution in [0, 0.1) is 0 Å². The molecule has 0 saturated carbocycles. The molecule has 0 aromatic heterocycles. The maximum atomic E-state index is 10.7. The summed E-state index contributed by atoms with van der Waals surface area (Å²) >= 11 is 3.23. The highest BCUT2D eigenvalue weighted by Crippen LogP contribution is 2.19. The van der Waals surface area contributed by atoms with Crippen LogP contribution < -0.4 is 0 Å². The van der Waals surface area contributed by atoms with E-state index in [0.29, 0.717) is 5.84 Å². The van der Waals surface area contributed by atoms with E-state index >= 15 is 0 Å². The third-order valence-electron chi connectivity index (χ3n) is 1.91. The van der Waals surface area contributed by atoms with E-state index in [9.17, 15) is 9.90 Å². The molecule has 7 heteroatoms. The van der Waals surface area contributed by atoms with Crippen molar-refractivity contribution in [3.05, 3.63) is 22.8 Å². The summed E-state index contributed by atoms with van der Waals surface area (Å²) in [6, 6.07) is 0. The molecule has 0 radical (unpaired) electrons. The van der Waals surface area contributed by atoms with Crippen molar-refractivity contribution in [3.8, 4) is 0 Å². The summed E-state index contributed by atoms with van der Waals surface area (Å²) in [5, 5.41) is 25.5. The number of hydrogen-bond donors (Lipinski definition) is 2. The minimum atomic E-state index is -1.30. The molecule has 0 saturated heterocycles. The van der Waals surface area contributed by atoms with Gasteiger partial charge in [-0.2, -0.15) is 0 Å². The van der Waals surface area contributed by atoms with Crippen molar-refractivity contribution in [2.24, 2.45) is 10.2 Å². The smallest absolute Gasteiger partial charge is 0.356 e. The maximum Gasteiger partial charge on any atom is 0.356 e. The van der Waals surface area contributed by atoms with Crippen molar-refractivity contribution in [2.45, 2.75) is 6.23 Å². The predicted octanol–water partition coefficient (Wildman–Crippen LogP) is 0.266. The summed E-state index contributed by atoms with van der Waals surface area (Å²) in [4.78, 5) is 12.0. The molecule has 78 valence electrons. The molecular weight excluding hydrogens is 266 g/mol. The molecule has 0 aromatic rings. The summed E-state index contributed by atoms with van der Waals surface area (Å²) in [6.07, 6.45) is 3.53. The predicted molar refractivity (Wildman–Crippen MR) is 56.5 cm³/mol. The zero-order valence-electron chi connectivity index (χ0n) is 7.33. The van der Waals surface area contributed by atoms with E-state index in [1.165, 1.54) is 11.1 Å². The molecule has 2 N–H and O–H groups in total. The zero-order valence-corrected chi connectivity index (χ0v) is 8.92. The van der Waals surface area contributed by atoms with Gasteiger partial charge in [-0.1, -0.05) is 15.9 Å². The molecule has 2 aliphatic heterocycles. The second-order valence-corrected chi connectivity index (χ2v) is 3.79. The van der Waals surface area contributed by atoms with Crippen LogP contribution in [0.3, 0.4) is 0 Å². The maximum absolute atomic E-state index is 10.7. The first-order chi connectivity index (χ1) is 7.09. The van der Waals surface area contributed by atoms with Gasteiger partial charge in [-0.15, -0.1) is 10.2 Å². The average molecular weight is 272 g/mol. The number of fused-ring (bicyclic) bond motifs is 1. The van der Waals surface area contributed by atoms with Gasteiger partial charge in [-0.05, 0) is 12.2 Å². The fourth-order valence-corrected chi connectivity index (χ4v) is 1.53. The Balaban J connectivity index is 2.40. The molecule has 0 amide bonds. The van der Waals surface area contributed by atoms with Crippen molar-refractivity contribution in [1.29, 1.82) is 0 Å². The van der Waals surface area contributed by atoms with Gasteiger partial charge in [0.15, 0.2) is 17.8 Å². The first-order valence-corrected chi connectivity index (χ1v) is 4.79. The molecule has 0 aliphatic carbocycles. The van der Waals surface area contributed by atoms with Crippen LogP contribution in [0.25, 0.3) is 0 Å². The van der Waals surface area contributed by atoms with Gasteiger partial charge in [0.1, 0.15) is 0 Å². The summed E-state index contributed by atoms with van der Waals surface area (Å²) in [5.74, 6) is -0.894. The molecule has 15 heavy (non-hydrogen) atoms. The van der Waals surface area contributed by atoms with E-state index < -0.39 is 17.9 Å². The second-order valence-electron chi connectivity index (χ2n) is 2.87. The van der Waals surface area contributed by atoms with Gasteiger partial charge < -0.3 is 10.2 Å². The van der Waals surface area contributed by atoms with Crippen LogP contribution in [0.5, 0.6) is 0 Å². The highest BCUT2D eigenvalue weighted by Gasteiger charge is 2.31. The number of amidine groups is 1. The van der Waals surface area contributed by atoms with Crippen LogP contribution in [0.1, 0.15) is 0 Å². The third-order valence-corrected chi connectivity index (χ3v) is 2.41. The lowest BCUT2D eigenvalue weighted by atomic mass is 10.2. The van der Waals surface area contributed by atoms with E-state index in [-0.39, 0.29) is 0 Å². The Morgan fingerprint density at radius 1 is 1.53 bits per heavy atom. The van der Waals surface area contributed by atoms with E-state index in [4.69, 9.17) is 5.11 Å². The zero-order chi connectivity index (χ0) is 11.0. The van der Waals surface area contributed by atoms with Crippen LogP contribution in [-0.4, -0.2) is 38.9 Å². The minimum absolute atomic E-state index is 0.391. The summed E-state index contributed by atoms with van der Waals surface area (Å²) in [5.41, 5.74) is -0.394. The molecule has 2 heterocycles. The van der Waals surface area contributed by atoms with Crippen molar-refractivity contribution >= 4 is 33.4 Å². The van der Waals surface area contributed by atoms with E-state index in [2.05, 4.69) is 26.1 Å². The molecule has 0 aromatic carbocycles. The van der Waals surface area contributed by atoms with Crippen LogP contribution in [-0.2, 0) is 4.79 Å². The van der Waals surface area contributed by atoms with Crippen molar-refractivity contribution in [1.82, 2.24) is 4.90 Å². The number of nitrogens with zero attached hydrogens (tertiary/aromatic N) is 3. The Bertz CT molecular complexity index is 438. The first-order valence-electron chi connectivity index (χ1n) is 4.00. The number of hydrogen-bond acceptors (Lipinski definition) is 5. The Morgan fingerprint density at radius 3 is 2.93 bits per heavy atom. The summed E-state index contributed by atoms with van der Waals surface area (Å²) < 4.78 is 0.777. The molecule has 0 unspecified atom stereocenters. The van der Waals surface area contributed by atoms with Crippen LogP contribution in [0.2, 0.25) is 0 Å². The number of rotatable bonds is 1. The van der Waals surface area contributed by atoms with Gasteiger partial charge in [-0.3, -0.25) is 4.90 Å². The number of carboxylic acids is 1. The molecule has 2 aliphatic rings. The van der Waals surface area contributed by atoms with E-state index in [1.54, 1.807) is 12.2 Å². The second kappa shape index (κ2) is 3.59. The summed E-state index contributed by atoms with van der Waals surface area (Å²) in [6.45, 7) is 0. The molecule has 1 atom stereocenters. The Labute approximate surface area is 93.0 Å². The number of halogens is 1. The monoisotopic (exact) mass is 271 g/mol. The Hall–Kier alpha value is -1.47. The Morgan fingerprint density at radius 2 is 2.27 bits per heavy atom. The normalized spacial score (nSPS) is 24.0. The first kappa shape index (κ1) is 10.1. The Kier molecular flexibility index (Phi) is 2.41. The van der Waals surface area contributed by atoms with Crippen molar-refractivity contribution in [3.63, 3.8) is 0 Å². The molecule has 2 rings (SSSR count). The molecular formula is C8H6BrN3O3. The number of aliphatic carboxylic acids is 1. The molecule has 0 spiro atoms. The largest absolute Gasteiger partial charge is 0.477 e. The number of carbonyl (C=O) groups is 1. The lowest BCUT2D eigenvalue weighted by Gasteiger charge is -2.29. The number of allylic oxidation sites excluding steroid dienone is 2.